The number of carbonyl (C=O) groups excluding carboxylic acids is 1. The van der Waals surface area contributed by atoms with Gasteiger partial charge < -0.3 is 4.74 Å². The third kappa shape index (κ3) is 2.85. The van der Waals surface area contributed by atoms with Gasteiger partial charge in [0, 0.05) is 11.8 Å². The molecule has 0 spiro atoms. The van der Waals surface area contributed by atoms with Gasteiger partial charge in [0.1, 0.15) is 5.15 Å². The van der Waals surface area contributed by atoms with Crippen LogP contribution in [0, 0.1) is 0 Å². The lowest BCUT2D eigenvalue weighted by atomic mass is 10.2. The molecule has 0 atom stereocenters. The minimum atomic E-state index is -0.354. The van der Waals surface area contributed by atoms with Gasteiger partial charge in [-0.05, 0) is 6.26 Å². The second-order valence-electron chi connectivity index (χ2n) is 2.43. The lowest BCUT2D eigenvalue weighted by Gasteiger charge is -2.02. The molecule has 0 unspecified atom stereocenters. The standard InChI is InChI=1S/C8H9ClN2O2S/c1-13-6(12)3-5-4-10-8(14-2)11-7(5)9/h4H,3H2,1-2H3. The second kappa shape index (κ2) is 5.17. The van der Waals surface area contributed by atoms with Crippen molar-refractivity contribution in [3.05, 3.63) is 16.9 Å². The number of hydrogen-bond acceptors (Lipinski definition) is 5. The Balaban J connectivity index is 2.83. The zero-order valence-electron chi connectivity index (χ0n) is 7.78. The van der Waals surface area contributed by atoms with Crippen molar-refractivity contribution in [2.24, 2.45) is 0 Å². The Morgan fingerprint density at radius 1 is 1.71 bits per heavy atom. The van der Waals surface area contributed by atoms with Gasteiger partial charge in [0.05, 0.1) is 13.5 Å². The maximum atomic E-state index is 10.9. The van der Waals surface area contributed by atoms with Crippen molar-refractivity contribution in [1.82, 2.24) is 9.97 Å². The average Bonchev–Trinajstić information content (AvgIpc) is 2.20. The van der Waals surface area contributed by atoms with Crippen LogP contribution in [0.25, 0.3) is 0 Å². The van der Waals surface area contributed by atoms with Gasteiger partial charge in [-0.2, -0.15) is 0 Å². The molecule has 0 amide bonds. The Labute approximate surface area is 91.0 Å². The number of ether oxygens (including phenoxy) is 1. The molecule has 0 saturated carbocycles. The summed E-state index contributed by atoms with van der Waals surface area (Å²) in [6, 6.07) is 0. The van der Waals surface area contributed by atoms with Gasteiger partial charge in [0.25, 0.3) is 0 Å². The number of hydrogen-bond donors (Lipinski definition) is 0. The normalized spacial score (nSPS) is 9.93. The van der Waals surface area contributed by atoms with E-state index in [-0.39, 0.29) is 12.4 Å². The zero-order chi connectivity index (χ0) is 10.6. The van der Waals surface area contributed by atoms with Gasteiger partial charge in [-0.25, -0.2) is 9.97 Å². The molecular formula is C8H9ClN2O2S. The molecule has 0 bridgehead atoms. The van der Waals surface area contributed by atoms with Gasteiger partial charge >= 0.3 is 5.97 Å². The molecule has 1 aromatic rings. The van der Waals surface area contributed by atoms with Crippen LogP contribution in [0.2, 0.25) is 5.15 Å². The Kier molecular flexibility index (Phi) is 4.16. The summed E-state index contributed by atoms with van der Waals surface area (Å²) in [5.41, 5.74) is 0.580. The Morgan fingerprint density at radius 3 is 2.93 bits per heavy atom. The van der Waals surface area contributed by atoms with E-state index in [1.54, 1.807) is 0 Å². The second-order valence-corrected chi connectivity index (χ2v) is 3.56. The van der Waals surface area contributed by atoms with Gasteiger partial charge in [-0.3, -0.25) is 4.79 Å². The van der Waals surface area contributed by atoms with Crippen LogP contribution < -0.4 is 0 Å². The summed E-state index contributed by atoms with van der Waals surface area (Å²) >= 11 is 7.23. The molecule has 14 heavy (non-hydrogen) atoms. The lowest BCUT2D eigenvalue weighted by molar-refractivity contribution is -0.139. The van der Waals surface area contributed by atoms with Gasteiger partial charge in [-0.1, -0.05) is 23.4 Å². The van der Waals surface area contributed by atoms with E-state index in [4.69, 9.17) is 11.6 Å². The van der Waals surface area contributed by atoms with Crippen molar-refractivity contribution >= 4 is 29.3 Å². The third-order valence-electron chi connectivity index (χ3n) is 1.53. The molecule has 1 aromatic heterocycles. The van der Waals surface area contributed by atoms with Gasteiger partial charge in [0.2, 0.25) is 0 Å². The summed E-state index contributed by atoms with van der Waals surface area (Å²) in [6.07, 6.45) is 3.49. The summed E-state index contributed by atoms with van der Waals surface area (Å²) in [5, 5.41) is 0.887. The molecule has 0 aliphatic rings. The SMILES string of the molecule is COC(=O)Cc1cnc(SC)nc1Cl. The minimum Gasteiger partial charge on any atom is -0.469 e. The number of halogens is 1. The molecule has 0 radical (unpaired) electrons. The smallest absolute Gasteiger partial charge is 0.310 e. The molecular weight excluding hydrogens is 224 g/mol. The fraction of sp³-hybridized carbons (Fsp3) is 0.375. The number of aromatic nitrogens is 2. The minimum absolute atomic E-state index is 0.101. The fourth-order valence-electron chi connectivity index (χ4n) is 0.816. The molecule has 0 fully saturated rings. The number of esters is 1. The third-order valence-corrected chi connectivity index (χ3v) is 2.42. The first-order valence-electron chi connectivity index (χ1n) is 3.79. The highest BCUT2D eigenvalue weighted by molar-refractivity contribution is 7.98. The van der Waals surface area contributed by atoms with Gasteiger partial charge in [-0.15, -0.1) is 0 Å². The first-order chi connectivity index (χ1) is 6.67. The molecule has 4 nitrogen and oxygen atoms in total. The van der Waals surface area contributed by atoms with Crippen molar-refractivity contribution in [2.45, 2.75) is 11.6 Å². The van der Waals surface area contributed by atoms with Crippen LogP contribution >= 0.6 is 23.4 Å². The first kappa shape index (κ1) is 11.3. The van der Waals surface area contributed by atoms with Crippen LogP contribution in [0.5, 0.6) is 0 Å². The van der Waals surface area contributed by atoms with Crippen LogP contribution in [0.15, 0.2) is 11.4 Å². The first-order valence-corrected chi connectivity index (χ1v) is 5.40. The van der Waals surface area contributed by atoms with Crippen LogP contribution in [0.4, 0.5) is 0 Å². The van der Waals surface area contributed by atoms with E-state index in [0.717, 1.165) is 0 Å². The molecule has 0 aliphatic carbocycles. The molecule has 0 aliphatic heterocycles. The maximum Gasteiger partial charge on any atom is 0.310 e. The Bertz CT molecular complexity index is 346. The van der Waals surface area contributed by atoms with Crippen molar-refractivity contribution < 1.29 is 9.53 Å². The molecule has 0 saturated heterocycles. The lowest BCUT2D eigenvalue weighted by Crippen LogP contribution is -2.06. The average molecular weight is 233 g/mol. The van der Waals surface area contributed by atoms with Crippen molar-refractivity contribution in [2.75, 3.05) is 13.4 Å². The van der Waals surface area contributed by atoms with Crippen molar-refractivity contribution in [3.63, 3.8) is 0 Å². The van der Waals surface area contributed by atoms with E-state index in [0.29, 0.717) is 15.9 Å². The zero-order valence-corrected chi connectivity index (χ0v) is 9.35. The Hall–Kier alpha value is -0.810. The van der Waals surface area contributed by atoms with E-state index in [1.807, 2.05) is 6.26 Å². The highest BCUT2D eigenvalue weighted by Crippen LogP contribution is 2.16. The maximum absolute atomic E-state index is 10.9. The molecule has 0 N–H and O–H groups in total. The molecule has 6 heteroatoms. The van der Waals surface area contributed by atoms with Crippen molar-refractivity contribution in [1.29, 1.82) is 0 Å². The van der Waals surface area contributed by atoms with E-state index in [9.17, 15) is 4.79 Å². The number of thioether (sulfide) groups is 1. The number of methoxy groups -OCH3 is 1. The summed E-state index contributed by atoms with van der Waals surface area (Å²) in [7, 11) is 1.33. The molecule has 0 aromatic carbocycles. The molecule has 76 valence electrons. The number of nitrogens with zero attached hydrogens (tertiary/aromatic N) is 2. The van der Waals surface area contributed by atoms with Crippen molar-refractivity contribution in [3.8, 4) is 0 Å². The predicted octanol–water partition coefficient (Wildman–Crippen LogP) is 1.57. The van der Waals surface area contributed by atoms with Crippen LogP contribution in [0.1, 0.15) is 5.56 Å². The predicted molar refractivity (Wildman–Crippen MR) is 54.5 cm³/mol. The van der Waals surface area contributed by atoms with E-state index < -0.39 is 0 Å². The summed E-state index contributed by atoms with van der Waals surface area (Å²) in [6.45, 7) is 0. The van der Waals surface area contributed by atoms with Crippen LogP contribution in [0.3, 0.4) is 0 Å². The molecule has 1 rings (SSSR count). The van der Waals surface area contributed by atoms with Crippen LogP contribution in [-0.2, 0) is 16.0 Å². The number of carbonyl (C=O) groups is 1. The number of rotatable bonds is 3. The summed E-state index contributed by atoms with van der Waals surface area (Å²) < 4.78 is 4.51. The fourth-order valence-corrected chi connectivity index (χ4v) is 1.40. The summed E-state index contributed by atoms with van der Waals surface area (Å²) in [5.74, 6) is -0.354. The Morgan fingerprint density at radius 2 is 2.43 bits per heavy atom. The topological polar surface area (TPSA) is 52.1 Å². The van der Waals surface area contributed by atoms with E-state index in [2.05, 4.69) is 14.7 Å². The van der Waals surface area contributed by atoms with Crippen LogP contribution in [-0.4, -0.2) is 29.3 Å². The highest BCUT2D eigenvalue weighted by Gasteiger charge is 2.09. The highest BCUT2D eigenvalue weighted by atomic mass is 35.5. The summed E-state index contributed by atoms with van der Waals surface area (Å²) in [4.78, 5) is 18.9. The monoisotopic (exact) mass is 232 g/mol. The molecule has 1 heterocycles. The van der Waals surface area contributed by atoms with E-state index in [1.165, 1.54) is 25.1 Å². The quantitative estimate of drug-likeness (QED) is 0.343. The van der Waals surface area contributed by atoms with Gasteiger partial charge in [0.15, 0.2) is 5.16 Å². The largest absolute Gasteiger partial charge is 0.469 e. The van der Waals surface area contributed by atoms with E-state index >= 15 is 0 Å².